The Morgan fingerprint density at radius 2 is 2.30 bits per heavy atom. The van der Waals surface area contributed by atoms with Crippen LogP contribution in [0, 0.1) is 5.92 Å². The molecule has 0 radical (unpaired) electrons. The highest BCUT2D eigenvalue weighted by Crippen LogP contribution is 2.07. The van der Waals surface area contributed by atoms with Crippen molar-refractivity contribution in [3.63, 3.8) is 0 Å². The van der Waals surface area contributed by atoms with Gasteiger partial charge in [0, 0.05) is 0 Å². The average Bonchev–Trinajstić information content (AvgIpc) is 1.87. The van der Waals surface area contributed by atoms with Crippen LogP contribution in [0.2, 0.25) is 0 Å². The number of aliphatic carboxylic acids is 1. The summed E-state index contributed by atoms with van der Waals surface area (Å²) in [5, 5.41) is 8.58. The fourth-order valence-corrected chi connectivity index (χ4v) is 0.845. The van der Waals surface area contributed by atoms with Crippen molar-refractivity contribution in [1.82, 2.24) is 0 Å². The number of rotatable bonds is 4. The molecule has 0 saturated heterocycles. The van der Waals surface area contributed by atoms with Crippen molar-refractivity contribution >= 4 is 5.97 Å². The predicted octanol–water partition coefficient (Wildman–Crippen LogP) is 2.06. The third-order valence-corrected chi connectivity index (χ3v) is 1.34. The van der Waals surface area contributed by atoms with Crippen LogP contribution in [-0.4, -0.2) is 11.1 Å². The molecule has 58 valence electrons. The van der Waals surface area contributed by atoms with Crippen LogP contribution < -0.4 is 0 Å². The number of carboxylic acids is 1. The molecule has 0 aliphatic heterocycles. The summed E-state index contributed by atoms with van der Waals surface area (Å²) < 4.78 is 0. The van der Waals surface area contributed by atoms with Gasteiger partial charge >= 0.3 is 5.97 Å². The third kappa shape index (κ3) is 3.28. The first-order chi connectivity index (χ1) is 4.72. The number of carbonyl (C=O) groups is 1. The molecule has 2 heteroatoms. The minimum absolute atomic E-state index is 0.282. The molecule has 0 amide bonds. The Bertz CT molecular complexity index is 127. The summed E-state index contributed by atoms with van der Waals surface area (Å²) in [7, 11) is 0. The van der Waals surface area contributed by atoms with Crippen molar-refractivity contribution in [2.24, 2.45) is 5.92 Å². The molecule has 0 heterocycles. The second-order valence-corrected chi connectivity index (χ2v) is 2.26. The number of hydrogen-bond donors (Lipinski definition) is 1. The first kappa shape index (κ1) is 9.21. The van der Waals surface area contributed by atoms with Crippen molar-refractivity contribution < 1.29 is 9.90 Å². The SMILES string of the molecule is C/C=C\C(CCC)C(=O)O. The minimum Gasteiger partial charge on any atom is -0.481 e. The number of hydrogen-bond acceptors (Lipinski definition) is 1. The lowest BCUT2D eigenvalue weighted by atomic mass is 10.0. The predicted molar refractivity (Wildman–Crippen MR) is 40.8 cm³/mol. The lowest BCUT2D eigenvalue weighted by molar-refractivity contribution is -0.140. The first-order valence-corrected chi connectivity index (χ1v) is 3.58. The van der Waals surface area contributed by atoms with Crippen molar-refractivity contribution in [1.29, 1.82) is 0 Å². The molecule has 0 aromatic heterocycles. The van der Waals surface area contributed by atoms with E-state index in [9.17, 15) is 4.79 Å². The van der Waals surface area contributed by atoms with E-state index in [2.05, 4.69) is 0 Å². The zero-order valence-corrected chi connectivity index (χ0v) is 6.50. The van der Waals surface area contributed by atoms with Crippen molar-refractivity contribution in [2.45, 2.75) is 26.7 Å². The monoisotopic (exact) mass is 142 g/mol. The molecule has 0 spiro atoms. The topological polar surface area (TPSA) is 37.3 Å². The zero-order chi connectivity index (χ0) is 7.98. The molecule has 0 saturated carbocycles. The Balaban J connectivity index is 3.85. The van der Waals surface area contributed by atoms with E-state index in [4.69, 9.17) is 5.11 Å². The van der Waals surface area contributed by atoms with Gasteiger partial charge in [-0.25, -0.2) is 0 Å². The van der Waals surface area contributed by atoms with E-state index < -0.39 is 5.97 Å². The van der Waals surface area contributed by atoms with Crippen molar-refractivity contribution in [3.05, 3.63) is 12.2 Å². The standard InChI is InChI=1S/C8H14O2/c1-3-5-7(6-4-2)8(9)10/h3,5,7H,4,6H2,1-2H3,(H,9,10)/b5-3-. The molecule has 0 fully saturated rings. The molecular formula is C8H14O2. The zero-order valence-electron chi connectivity index (χ0n) is 6.50. The quantitative estimate of drug-likeness (QED) is 0.610. The molecule has 2 nitrogen and oxygen atoms in total. The fraction of sp³-hybridized carbons (Fsp3) is 0.625. The summed E-state index contributed by atoms with van der Waals surface area (Å²) in [6.07, 6.45) is 5.17. The van der Waals surface area contributed by atoms with Gasteiger partial charge in [-0.15, -0.1) is 0 Å². The van der Waals surface area contributed by atoms with Gasteiger partial charge in [0.05, 0.1) is 5.92 Å². The number of allylic oxidation sites excluding steroid dienone is 1. The maximum atomic E-state index is 10.4. The van der Waals surface area contributed by atoms with Crippen LogP contribution in [0.15, 0.2) is 12.2 Å². The smallest absolute Gasteiger partial charge is 0.310 e. The number of carboxylic acid groups (broad SMARTS) is 1. The van der Waals surface area contributed by atoms with Gasteiger partial charge in [-0.2, -0.15) is 0 Å². The van der Waals surface area contributed by atoms with Crippen LogP contribution in [0.3, 0.4) is 0 Å². The molecule has 0 rings (SSSR count). The van der Waals surface area contributed by atoms with E-state index in [0.29, 0.717) is 0 Å². The van der Waals surface area contributed by atoms with Crippen molar-refractivity contribution in [3.8, 4) is 0 Å². The Labute approximate surface area is 61.6 Å². The van der Waals surface area contributed by atoms with E-state index in [1.807, 2.05) is 13.8 Å². The van der Waals surface area contributed by atoms with E-state index in [-0.39, 0.29) is 5.92 Å². The summed E-state index contributed by atoms with van der Waals surface area (Å²) in [5.74, 6) is -1.00. The van der Waals surface area contributed by atoms with Crippen LogP contribution in [0.5, 0.6) is 0 Å². The minimum atomic E-state index is -0.722. The van der Waals surface area contributed by atoms with Gasteiger partial charge < -0.3 is 5.11 Å². The highest BCUT2D eigenvalue weighted by Gasteiger charge is 2.10. The van der Waals surface area contributed by atoms with Crippen LogP contribution >= 0.6 is 0 Å². The lowest BCUT2D eigenvalue weighted by Crippen LogP contribution is -2.09. The van der Waals surface area contributed by atoms with E-state index in [1.54, 1.807) is 12.2 Å². The van der Waals surface area contributed by atoms with E-state index >= 15 is 0 Å². The molecular weight excluding hydrogens is 128 g/mol. The molecule has 1 atom stereocenters. The van der Waals surface area contributed by atoms with Crippen LogP contribution in [0.25, 0.3) is 0 Å². The third-order valence-electron chi connectivity index (χ3n) is 1.34. The average molecular weight is 142 g/mol. The maximum Gasteiger partial charge on any atom is 0.310 e. The Morgan fingerprint density at radius 3 is 2.60 bits per heavy atom. The van der Waals surface area contributed by atoms with Gasteiger partial charge in [-0.1, -0.05) is 25.5 Å². The van der Waals surface area contributed by atoms with Gasteiger partial charge in [0.25, 0.3) is 0 Å². The van der Waals surface area contributed by atoms with Gasteiger partial charge in [-0.3, -0.25) is 4.79 Å². The molecule has 1 N–H and O–H groups in total. The molecule has 0 aromatic carbocycles. The molecule has 1 unspecified atom stereocenters. The summed E-state index contributed by atoms with van der Waals surface area (Å²) in [6, 6.07) is 0. The van der Waals surface area contributed by atoms with Gasteiger partial charge in [0.15, 0.2) is 0 Å². The summed E-state index contributed by atoms with van der Waals surface area (Å²) >= 11 is 0. The summed E-state index contributed by atoms with van der Waals surface area (Å²) in [4.78, 5) is 10.4. The molecule has 0 aromatic rings. The van der Waals surface area contributed by atoms with Gasteiger partial charge in [-0.05, 0) is 13.3 Å². The van der Waals surface area contributed by atoms with Crippen molar-refractivity contribution in [2.75, 3.05) is 0 Å². The first-order valence-electron chi connectivity index (χ1n) is 3.58. The van der Waals surface area contributed by atoms with Crippen LogP contribution in [0.4, 0.5) is 0 Å². The van der Waals surface area contributed by atoms with E-state index in [1.165, 1.54) is 0 Å². The molecule has 0 aliphatic rings. The van der Waals surface area contributed by atoms with E-state index in [0.717, 1.165) is 12.8 Å². The Morgan fingerprint density at radius 1 is 1.70 bits per heavy atom. The second kappa shape index (κ2) is 5.03. The highest BCUT2D eigenvalue weighted by molar-refractivity contribution is 5.71. The van der Waals surface area contributed by atoms with Gasteiger partial charge in [0.1, 0.15) is 0 Å². The summed E-state index contributed by atoms with van der Waals surface area (Å²) in [5.41, 5.74) is 0. The van der Waals surface area contributed by atoms with Crippen LogP contribution in [-0.2, 0) is 4.79 Å². The Hall–Kier alpha value is -0.790. The highest BCUT2D eigenvalue weighted by atomic mass is 16.4. The van der Waals surface area contributed by atoms with Crippen LogP contribution in [0.1, 0.15) is 26.7 Å². The second-order valence-electron chi connectivity index (χ2n) is 2.26. The lowest BCUT2D eigenvalue weighted by Gasteiger charge is -2.03. The fourth-order valence-electron chi connectivity index (χ4n) is 0.845. The summed E-state index contributed by atoms with van der Waals surface area (Å²) in [6.45, 7) is 3.82. The molecule has 10 heavy (non-hydrogen) atoms. The molecule has 0 aliphatic carbocycles. The normalized spacial score (nSPS) is 13.8. The molecule has 0 bridgehead atoms. The Kier molecular flexibility index (Phi) is 4.63. The maximum absolute atomic E-state index is 10.4. The largest absolute Gasteiger partial charge is 0.481 e. The van der Waals surface area contributed by atoms with Gasteiger partial charge in [0.2, 0.25) is 0 Å².